The van der Waals surface area contributed by atoms with E-state index in [9.17, 15) is 5.11 Å². The smallest absolute Gasteiger partial charge is 0.133 e. The van der Waals surface area contributed by atoms with Crippen molar-refractivity contribution >= 4 is 15.9 Å². The molecule has 0 spiro atoms. The number of aryl methyl sites for hydroxylation is 1. The summed E-state index contributed by atoms with van der Waals surface area (Å²) in [6, 6.07) is 11.2. The Morgan fingerprint density at radius 3 is 2.35 bits per heavy atom. The Morgan fingerprint density at radius 2 is 1.80 bits per heavy atom. The lowest BCUT2D eigenvalue weighted by Gasteiger charge is -2.16. The van der Waals surface area contributed by atoms with Gasteiger partial charge in [-0.3, -0.25) is 0 Å². The van der Waals surface area contributed by atoms with Gasteiger partial charge in [0.05, 0.1) is 18.7 Å². The Hall–Kier alpha value is -1.52. The van der Waals surface area contributed by atoms with Crippen LogP contribution < -0.4 is 9.47 Å². The van der Waals surface area contributed by atoms with Crippen molar-refractivity contribution in [3.63, 3.8) is 0 Å². The average Bonchev–Trinajstić information content (AvgIpc) is 2.46. The van der Waals surface area contributed by atoms with Crippen molar-refractivity contribution < 1.29 is 14.6 Å². The SMILES string of the molecule is COc1ccc(C(O)c2ccc(OC)c(Br)c2)c(C)c1. The molecule has 1 atom stereocenters. The summed E-state index contributed by atoms with van der Waals surface area (Å²) in [5.74, 6) is 1.53. The van der Waals surface area contributed by atoms with Crippen molar-refractivity contribution in [2.24, 2.45) is 0 Å². The van der Waals surface area contributed by atoms with E-state index >= 15 is 0 Å². The maximum atomic E-state index is 10.5. The quantitative estimate of drug-likeness (QED) is 0.921. The van der Waals surface area contributed by atoms with Crippen molar-refractivity contribution in [2.75, 3.05) is 14.2 Å². The van der Waals surface area contributed by atoms with Gasteiger partial charge in [-0.05, 0) is 63.8 Å². The lowest BCUT2D eigenvalue weighted by atomic mass is 9.97. The molecule has 4 heteroatoms. The summed E-state index contributed by atoms with van der Waals surface area (Å²) in [7, 11) is 3.25. The van der Waals surface area contributed by atoms with Gasteiger partial charge >= 0.3 is 0 Å². The molecule has 0 bridgehead atoms. The Labute approximate surface area is 127 Å². The molecule has 2 aromatic carbocycles. The highest BCUT2D eigenvalue weighted by Gasteiger charge is 2.15. The molecule has 0 saturated heterocycles. The highest BCUT2D eigenvalue weighted by atomic mass is 79.9. The van der Waals surface area contributed by atoms with E-state index < -0.39 is 6.10 Å². The molecule has 2 rings (SSSR count). The highest BCUT2D eigenvalue weighted by Crippen LogP contribution is 2.32. The number of ether oxygens (including phenoxy) is 2. The molecular weight excluding hydrogens is 320 g/mol. The molecule has 0 aromatic heterocycles. The third-order valence-electron chi connectivity index (χ3n) is 3.26. The van der Waals surface area contributed by atoms with Crippen LogP contribution in [-0.2, 0) is 0 Å². The fraction of sp³-hybridized carbons (Fsp3) is 0.250. The third-order valence-corrected chi connectivity index (χ3v) is 3.88. The monoisotopic (exact) mass is 336 g/mol. The van der Waals surface area contributed by atoms with Gasteiger partial charge in [0.2, 0.25) is 0 Å². The molecule has 2 aromatic rings. The predicted molar refractivity (Wildman–Crippen MR) is 82.5 cm³/mol. The molecule has 0 fully saturated rings. The van der Waals surface area contributed by atoms with Crippen molar-refractivity contribution in [1.29, 1.82) is 0 Å². The fourth-order valence-corrected chi connectivity index (χ4v) is 2.67. The van der Waals surface area contributed by atoms with E-state index in [0.29, 0.717) is 0 Å². The van der Waals surface area contributed by atoms with Gasteiger partial charge in [-0.2, -0.15) is 0 Å². The molecule has 0 aliphatic carbocycles. The van der Waals surface area contributed by atoms with Gasteiger partial charge < -0.3 is 14.6 Å². The molecule has 0 heterocycles. The largest absolute Gasteiger partial charge is 0.497 e. The van der Waals surface area contributed by atoms with Crippen molar-refractivity contribution in [3.8, 4) is 11.5 Å². The number of hydrogen-bond acceptors (Lipinski definition) is 3. The first-order chi connectivity index (χ1) is 9.56. The minimum atomic E-state index is -0.678. The van der Waals surface area contributed by atoms with Crippen LogP contribution in [0.15, 0.2) is 40.9 Å². The van der Waals surface area contributed by atoms with Crippen LogP contribution in [0.3, 0.4) is 0 Å². The summed E-state index contributed by atoms with van der Waals surface area (Å²) >= 11 is 3.43. The Kier molecular flexibility index (Phi) is 4.68. The van der Waals surface area contributed by atoms with E-state index in [0.717, 1.165) is 32.7 Å². The van der Waals surface area contributed by atoms with E-state index in [1.54, 1.807) is 14.2 Å². The number of hydrogen-bond donors (Lipinski definition) is 1. The first-order valence-electron chi connectivity index (χ1n) is 6.23. The van der Waals surface area contributed by atoms with Gasteiger partial charge in [-0.15, -0.1) is 0 Å². The molecular formula is C16H17BrO3. The topological polar surface area (TPSA) is 38.7 Å². The molecule has 0 aliphatic heterocycles. The zero-order valence-electron chi connectivity index (χ0n) is 11.7. The number of aliphatic hydroxyl groups excluding tert-OH is 1. The first-order valence-corrected chi connectivity index (χ1v) is 7.02. The fourth-order valence-electron chi connectivity index (χ4n) is 2.11. The summed E-state index contributed by atoms with van der Waals surface area (Å²) in [5, 5.41) is 10.5. The number of methoxy groups -OCH3 is 2. The van der Waals surface area contributed by atoms with Gasteiger partial charge in [-0.25, -0.2) is 0 Å². The Morgan fingerprint density at radius 1 is 1.05 bits per heavy atom. The van der Waals surface area contributed by atoms with Crippen LogP contribution in [0, 0.1) is 6.92 Å². The molecule has 1 N–H and O–H groups in total. The van der Waals surface area contributed by atoms with Crippen LogP contribution in [0.4, 0.5) is 0 Å². The number of rotatable bonds is 4. The molecule has 0 radical (unpaired) electrons. The molecule has 20 heavy (non-hydrogen) atoms. The van der Waals surface area contributed by atoms with Crippen LogP contribution in [0.2, 0.25) is 0 Å². The zero-order chi connectivity index (χ0) is 14.7. The van der Waals surface area contributed by atoms with Crippen LogP contribution >= 0.6 is 15.9 Å². The molecule has 0 saturated carbocycles. The van der Waals surface area contributed by atoms with Crippen molar-refractivity contribution in [1.82, 2.24) is 0 Å². The van der Waals surface area contributed by atoms with Crippen LogP contribution in [0.1, 0.15) is 22.8 Å². The van der Waals surface area contributed by atoms with Gasteiger partial charge in [-0.1, -0.05) is 12.1 Å². The standard InChI is InChI=1S/C16H17BrO3/c1-10-8-12(19-2)5-6-13(10)16(18)11-4-7-15(20-3)14(17)9-11/h4-9,16,18H,1-3H3. The van der Waals surface area contributed by atoms with Gasteiger partial charge in [0.1, 0.15) is 17.6 Å². The van der Waals surface area contributed by atoms with E-state index in [-0.39, 0.29) is 0 Å². The van der Waals surface area contributed by atoms with Gasteiger partial charge in [0.25, 0.3) is 0 Å². The van der Waals surface area contributed by atoms with Crippen LogP contribution in [-0.4, -0.2) is 19.3 Å². The van der Waals surface area contributed by atoms with E-state index in [1.165, 1.54) is 0 Å². The third kappa shape index (κ3) is 2.97. The van der Waals surface area contributed by atoms with Gasteiger partial charge in [0.15, 0.2) is 0 Å². The maximum Gasteiger partial charge on any atom is 0.133 e. The first kappa shape index (κ1) is 14.9. The second kappa shape index (κ2) is 6.29. The summed E-state index contributed by atoms with van der Waals surface area (Å²) < 4.78 is 11.2. The van der Waals surface area contributed by atoms with E-state index in [1.807, 2.05) is 43.3 Å². The van der Waals surface area contributed by atoms with E-state index in [4.69, 9.17) is 9.47 Å². The molecule has 0 aliphatic rings. The van der Waals surface area contributed by atoms with Crippen LogP contribution in [0.5, 0.6) is 11.5 Å². The Balaban J connectivity index is 2.35. The molecule has 3 nitrogen and oxygen atoms in total. The number of halogens is 1. The minimum Gasteiger partial charge on any atom is -0.497 e. The normalized spacial score (nSPS) is 12.1. The maximum absolute atomic E-state index is 10.5. The second-order valence-electron chi connectivity index (χ2n) is 4.52. The zero-order valence-corrected chi connectivity index (χ0v) is 13.3. The van der Waals surface area contributed by atoms with Crippen molar-refractivity contribution in [3.05, 3.63) is 57.6 Å². The van der Waals surface area contributed by atoms with Crippen LogP contribution in [0.25, 0.3) is 0 Å². The lowest BCUT2D eigenvalue weighted by Crippen LogP contribution is -2.02. The average molecular weight is 337 g/mol. The summed E-state index contributed by atoms with van der Waals surface area (Å²) in [4.78, 5) is 0. The lowest BCUT2D eigenvalue weighted by molar-refractivity contribution is 0.219. The van der Waals surface area contributed by atoms with E-state index in [2.05, 4.69) is 15.9 Å². The second-order valence-corrected chi connectivity index (χ2v) is 5.37. The predicted octanol–water partition coefficient (Wildman–Crippen LogP) is 3.86. The molecule has 106 valence electrons. The number of aliphatic hydroxyl groups is 1. The highest BCUT2D eigenvalue weighted by molar-refractivity contribution is 9.10. The minimum absolute atomic E-state index is 0.678. The summed E-state index contributed by atoms with van der Waals surface area (Å²) in [6.45, 7) is 1.96. The summed E-state index contributed by atoms with van der Waals surface area (Å²) in [6.07, 6.45) is -0.678. The number of benzene rings is 2. The molecule has 1 unspecified atom stereocenters. The van der Waals surface area contributed by atoms with Crippen molar-refractivity contribution in [2.45, 2.75) is 13.0 Å². The summed E-state index contributed by atoms with van der Waals surface area (Å²) in [5.41, 5.74) is 2.66. The molecule has 0 amide bonds. The van der Waals surface area contributed by atoms with Gasteiger partial charge in [0, 0.05) is 0 Å². The Bertz CT molecular complexity index is 611.